The Morgan fingerprint density at radius 3 is 2.95 bits per heavy atom. The first-order valence-electron chi connectivity index (χ1n) is 6.89. The van der Waals surface area contributed by atoms with Crippen LogP contribution in [0.25, 0.3) is 0 Å². The van der Waals surface area contributed by atoms with Crippen LogP contribution >= 0.6 is 15.9 Å². The van der Waals surface area contributed by atoms with Crippen molar-refractivity contribution in [1.29, 1.82) is 0 Å². The van der Waals surface area contributed by atoms with Gasteiger partial charge in [-0.3, -0.25) is 0 Å². The highest BCUT2D eigenvalue weighted by atomic mass is 79.9. The van der Waals surface area contributed by atoms with Crippen LogP contribution in [0.2, 0.25) is 0 Å². The predicted molar refractivity (Wildman–Crippen MR) is 86.0 cm³/mol. The third-order valence-electron chi connectivity index (χ3n) is 3.79. The maximum absolute atomic E-state index is 5.19. The number of halogens is 1. The first kappa shape index (κ1) is 13.7. The Morgan fingerprint density at radius 2 is 2.10 bits per heavy atom. The minimum atomic E-state index is 0.403. The van der Waals surface area contributed by atoms with Crippen LogP contribution in [-0.2, 0) is 17.8 Å². The number of fused-ring (bicyclic) bond motifs is 1. The van der Waals surface area contributed by atoms with E-state index < -0.39 is 0 Å². The van der Waals surface area contributed by atoms with Crippen molar-refractivity contribution in [2.24, 2.45) is 0 Å². The van der Waals surface area contributed by atoms with E-state index in [9.17, 15) is 0 Å². The minimum Gasteiger partial charge on any atom is -0.380 e. The van der Waals surface area contributed by atoms with Gasteiger partial charge in [0.25, 0.3) is 0 Å². The maximum atomic E-state index is 5.19. The van der Waals surface area contributed by atoms with Crippen molar-refractivity contribution in [2.75, 3.05) is 12.4 Å². The fourth-order valence-electron chi connectivity index (χ4n) is 2.88. The number of hydrogen-bond acceptors (Lipinski definition) is 2. The quantitative estimate of drug-likeness (QED) is 0.877. The SMILES string of the molecule is COCc1cccc(NC2CCc3c(Br)cccc32)c1. The van der Waals surface area contributed by atoms with E-state index in [4.69, 9.17) is 4.74 Å². The van der Waals surface area contributed by atoms with Gasteiger partial charge in [-0.2, -0.15) is 0 Å². The van der Waals surface area contributed by atoms with Gasteiger partial charge in [0.1, 0.15) is 0 Å². The Bertz CT molecular complexity index is 612. The first-order valence-corrected chi connectivity index (χ1v) is 7.69. The number of nitrogens with one attached hydrogen (secondary N) is 1. The van der Waals surface area contributed by atoms with Gasteiger partial charge in [0, 0.05) is 17.3 Å². The molecule has 0 heterocycles. The lowest BCUT2D eigenvalue weighted by Crippen LogP contribution is -2.07. The standard InChI is InChI=1S/C17H18BrNO/c1-20-11-12-4-2-5-13(10-12)19-17-9-8-14-15(17)6-3-7-16(14)18/h2-7,10,17,19H,8-9,11H2,1H3. The van der Waals surface area contributed by atoms with E-state index in [2.05, 4.69) is 63.7 Å². The molecular formula is C17H18BrNO. The number of rotatable bonds is 4. The number of benzene rings is 2. The van der Waals surface area contributed by atoms with Crippen molar-refractivity contribution < 1.29 is 4.74 Å². The largest absolute Gasteiger partial charge is 0.380 e. The van der Waals surface area contributed by atoms with Crippen molar-refractivity contribution in [2.45, 2.75) is 25.5 Å². The van der Waals surface area contributed by atoms with Crippen molar-refractivity contribution in [3.8, 4) is 0 Å². The lowest BCUT2D eigenvalue weighted by atomic mass is 10.1. The van der Waals surface area contributed by atoms with Gasteiger partial charge in [0.15, 0.2) is 0 Å². The molecule has 0 radical (unpaired) electrons. The summed E-state index contributed by atoms with van der Waals surface area (Å²) in [7, 11) is 1.73. The molecule has 0 aliphatic heterocycles. The summed E-state index contributed by atoms with van der Waals surface area (Å²) in [6.45, 7) is 0.655. The van der Waals surface area contributed by atoms with Crippen LogP contribution < -0.4 is 5.32 Å². The van der Waals surface area contributed by atoms with Crippen LogP contribution in [-0.4, -0.2) is 7.11 Å². The number of ether oxygens (including phenoxy) is 1. The fraction of sp³-hybridized carbons (Fsp3) is 0.294. The predicted octanol–water partition coefficient (Wildman–Crippen LogP) is 4.69. The normalized spacial score (nSPS) is 17.0. The molecule has 20 heavy (non-hydrogen) atoms. The van der Waals surface area contributed by atoms with Gasteiger partial charge in [-0.05, 0) is 47.7 Å². The third-order valence-corrected chi connectivity index (χ3v) is 4.54. The molecule has 2 aromatic rings. The molecule has 1 aliphatic carbocycles. The Morgan fingerprint density at radius 1 is 1.25 bits per heavy atom. The lowest BCUT2D eigenvalue weighted by Gasteiger charge is -2.16. The zero-order chi connectivity index (χ0) is 13.9. The highest BCUT2D eigenvalue weighted by Gasteiger charge is 2.23. The molecule has 0 aromatic heterocycles. The van der Waals surface area contributed by atoms with Crippen LogP contribution in [0.3, 0.4) is 0 Å². The molecule has 3 rings (SSSR count). The summed E-state index contributed by atoms with van der Waals surface area (Å²) >= 11 is 3.65. The average Bonchev–Trinajstić information content (AvgIpc) is 2.84. The van der Waals surface area contributed by atoms with Gasteiger partial charge in [-0.1, -0.05) is 40.2 Å². The summed E-state index contributed by atoms with van der Waals surface area (Å²) in [6.07, 6.45) is 2.28. The second kappa shape index (κ2) is 5.98. The van der Waals surface area contributed by atoms with Gasteiger partial charge < -0.3 is 10.1 Å². The molecule has 0 saturated heterocycles. The van der Waals surface area contributed by atoms with Crippen molar-refractivity contribution >= 4 is 21.6 Å². The van der Waals surface area contributed by atoms with E-state index in [0.29, 0.717) is 12.6 Å². The number of methoxy groups -OCH3 is 1. The molecule has 0 spiro atoms. The van der Waals surface area contributed by atoms with Crippen molar-refractivity contribution in [1.82, 2.24) is 0 Å². The molecule has 0 bridgehead atoms. The number of hydrogen-bond donors (Lipinski definition) is 1. The van der Waals surface area contributed by atoms with Gasteiger partial charge in [0.05, 0.1) is 12.6 Å². The zero-order valence-electron chi connectivity index (χ0n) is 11.5. The molecule has 1 unspecified atom stereocenters. The highest BCUT2D eigenvalue weighted by Crippen LogP contribution is 2.37. The second-order valence-corrected chi connectivity index (χ2v) is 6.03. The molecule has 0 saturated carbocycles. The molecular weight excluding hydrogens is 314 g/mol. The Balaban J connectivity index is 1.80. The Hall–Kier alpha value is -1.32. The molecule has 2 aromatic carbocycles. The topological polar surface area (TPSA) is 21.3 Å². The van der Waals surface area contributed by atoms with E-state index in [1.807, 2.05) is 0 Å². The average molecular weight is 332 g/mol. The third kappa shape index (κ3) is 2.74. The summed E-state index contributed by atoms with van der Waals surface area (Å²) in [6, 6.07) is 15.3. The highest BCUT2D eigenvalue weighted by molar-refractivity contribution is 9.10. The van der Waals surface area contributed by atoms with Gasteiger partial charge in [0.2, 0.25) is 0 Å². The van der Waals surface area contributed by atoms with Crippen LogP contribution in [0.5, 0.6) is 0 Å². The molecule has 1 atom stereocenters. The van der Waals surface area contributed by atoms with Crippen molar-refractivity contribution in [3.63, 3.8) is 0 Å². The second-order valence-electron chi connectivity index (χ2n) is 5.18. The van der Waals surface area contributed by atoms with E-state index >= 15 is 0 Å². The van der Waals surface area contributed by atoms with Crippen molar-refractivity contribution in [3.05, 3.63) is 63.6 Å². The molecule has 104 valence electrons. The fourth-order valence-corrected chi connectivity index (χ4v) is 3.46. The van der Waals surface area contributed by atoms with E-state index in [1.54, 1.807) is 7.11 Å². The molecule has 0 fully saturated rings. The van der Waals surface area contributed by atoms with Gasteiger partial charge in [-0.15, -0.1) is 0 Å². The molecule has 1 aliphatic rings. The first-order chi connectivity index (χ1) is 9.78. The summed E-state index contributed by atoms with van der Waals surface area (Å²) in [5.41, 5.74) is 5.22. The summed E-state index contributed by atoms with van der Waals surface area (Å²) < 4.78 is 6.42. The van der Waals surface area contributed by atoms with Crippen LogP contribution in [0.15, 0.2) is 46.9 Å². The summed E-state index contributed by atoms with van der Waals surface area (Å²) in [5.74, 6) is 0. The molecule has 0 amide bonds. The molecule has 2 nitrogen and oxygen atoms in total. The Labute approximate surface area is 128 Å². The Kier molecular flexibility index (Phi) is 4.08. The van der Waals surface area contributed by atoms with Gasteiger partial charge >= 0.3 is 0 Å². The summed E-state index contributed by atoms with van der Waals surface area (Å²) in [4.78, 5) is 0. The minimum absolute atomic E-state index is 0.403. The zero-order valence-corrected chi connectivity index (χ0v) is 13.1. The lowest BCUT2D eigenvalue weighted by molar-refractivity contribution is 0.185. The van der Waals surface area contributed by atoms with E-state index in [1.165, 1.54) is 21.2 Å². The van der Waals surface area contributed by atoms with E-state index in [0.717, 1.165) is 18.5 Å². The number of anilines is 1. The molecule has 3 heteroatoms. The smallest absolute Gasteiger partial charge is 0.0713 e. The van der Waals surface area contributed by atoms with Crippen LogP contribution in [0, 0.1) is 0 Å². The van der Waals surface area contributed by atoms with E-state index in [-0.39, 0.29) is 0 Å². The summed E-state index contributed by atoms with van der Waals surface area (Å²) in [5, 5.41) is 3.65. The van der Waals surface area contributed by atoms with Crippen LogP contribution in [0.1, 0.15) is 29.2 Å². The molecule has 1 N–H and O–H groups in total. The monoisotopic (exact) mass is 331 g/mol. The van der Waals surface area contributed by atoms with Gasteiger partial charge in [-0.25, -0.2) is 0 Å². The maximum Gasteiger partial charge on any atom is 0.0713 e. The van der Waals surface area contributed by atoms with Crippen LogP contribution in [0.4, 0.5) is 5.69 Å².